The molecule has 1 N–H and O–H groups in total. The first-order chi connectivity index (χ1) is 12.6. The number of benzene rings is 2. The normalized spacial score (nSPS) is 10.8. The minimum absolute atomic E-state index is 0.0113. The van der Waals surface area contributed by atoms with Crippen LogP contribution in [0, 0.1) is 11.3 Å². The maximum Gasteiger partial charge on any atom is 0.266 e. The second-order valence-corrected chi connectivity index (χ2v) is 5.52. The molecule has 2 rings (SSSR count). The molecule has 0 aromatic heterocycles. The molecule has 0 unspecified atom stereocenters. The molecule has 0 spiro atoms. The van der Waals surface area contributed by atoms with Gasteiger partial charge in [-0.3, -0.25) is 4.79 Å². The molecule has 0 heterocycles. The summed E-state index contributed by atoms with van der Waals surface area (Å²) in [5.74, 6) is 0.713. The largest absolute Gasteiger partial charge is 0.493 e. The number of aryl methyl sites for hydroxylation is 1. The van der Waals surface area contributed by atoms with Crippen LogP contribution in [0.5, 0.6) is 11.5 Å². The predicted octanol–water partition coefficient (Wildman–Crippen LogP) is 4.20. The number of amides is 1. The number of anilines is 1. The van der Waals surface area contributed by atoms with E-state index in [1.165, 1.54) is 11.6 Å². The van der Waals surface area contributed by atoms with Gasteiger partial charge in [-0.2, -0.15) is 5.26 Å². The van der Waals surface area contributed by atoms with E-state index in [-0.39, 0.29) is 5.57 Å². The minimum atomic E-state index is -0.453. The molecular weight excluding hydrogens is 328 g/mol. The van der Waals surface area contributed by atoms with Gasteiger partial charge in [0.1, 0.15) is 11.6 Å². The van der Waals surface area contributed by atoms with Crippen molar-refractivity contribution in [3.63, 3.8) is 0 Å². The highest BCUT2D eigenvalue weighted by Gasteiger charge is 2.11. The SMILES string of the molecule is CCOc1cc(/C=C(\C#N)C(=O)Nc2ccc(CC)cc2)ccc1OC. The van der Waals surface area contributed by atoms with Crippen molar-refractivity contribution in [2.75, 3.05) is 19.0 Å². The van der Waals surface area contributed by atoms with Gasteiger partial charge in [0.15, 0.2) is 11.5 Å². The van der Waals surface area contributed by atoms with E-state index >= 15 is 0 Å². The second-order valence-electron chi connectivity index (χ2n) is 5.52. The number of carbonyl (C=O) groups is 1. The van der Waals surface area contributed by atoms with E-state index in [0.717, 1.165) is 6.42 Å². The summed E-state index contributed by atoms with van der Waals surface area (Å²) in [5, 5.41) is 12.1. The third kappa shape index (κ3) is 4.87. The lowest BCUT2D eigenvalue weighted by Gasteiger charge is -2.10. The maximum atomic E-state index is 12.4. The number of methoxy groups -OCH3 is 1. The molecule has 0 aliphatic heterocycles. The highest BCUT2D eigenvalue weighted by molar-refractivity contribution is 6.09. The molecule has 134 valence electrons. The van der Waals surface area contributed by atoms with Gasteiger partial charge in [0.25, 0.3) is 5.91 Å². The van der Waals surface area contributed by atoms with Crippen molar-refractivity contribution >= 4 is 17.7 Å². The average Bonchev–Trinajstić information content (AvgIpc) is 2.67. The summed E-state index contributed by atoms with van der Waals surface area (Å²) in [7, 11) is 1.56. The lowest BCUT2D eigenvalue weighted by Crippen LogP contribution is -2.13. The van der Waals surface area contributed by atoms with E-state index in [1.807, 2.05) is 37.3 Å². The Labute approximate surface area is 153 Å². The lowest BCUT2D eigenvalue weighted by molar-refractivity contribution is -0.112. The smallest absolute Gasteiger partial charge is 0.266 e. The standard InChI is InChI=1S/C21H22N2O3/c1-4-15-6-9-18(10-7-15)23-21(24)17(14-22)12-16-8-11-19(25-3)20(13-16)26-5-2/h6-13H,4-5H2,1-3H3,(H,23,24)/b17-12+. The number of nitrogens with zero attached hydrogens (tertiary/aromatic N) is 1. The summed E-state index contributed by atoms with van der Waals surface area (Å²) >= 11 is 0. The van der Waals surface area contributed by atoms with Crippen molar-refractivity contribution in [3.8, 4) is 17.6 Å². The molecule has 0 atom stereocenters. The van der Waals surface area contributed by atoms with Crippen LogP contribution in [-0.4, -0.2) is 19.6 Å². The molecule has 0 radical (unpaired) electrons. The van der Waals surface area contributed by atoms with Crippen molar-refractivity contribution in [1.82, 2.24) is 0 Å². The zero-order valence-corrected chi connectivity index (χ0v) is 15.2. The van der Waals surface area contributed by atoms with Crippen molar-refractivity contribution in [1.29, 1.82) is 5.26 Å². The summed E-state index contributed by atoms with van der Waals surface area (Å²) in [6.45, 7) is 4.43. The number of nitrogens with one attached hydrogen (secondary N) is 1. The van der Waals surface area contributed by atoms with Crippen LogP contribution < -0.4 is 14.8 Å². The summed E-state index contributed by atoms with van der Waals surface area (Å²) in [5.41, 5.74) is 2.53. The monoisotopic (exact) mass is 350 g/mol. The number of ether oxygens (including phenoxy) is 2. The van der Waals surface area contributed by atoms with Crippen molar-refractivity contribution < 1.29 is 14.3 Å². The number of hydrogen-bond donors (Lipinski definition) is 1. The molecule has 2 aromatic carbocycles. The molecule has 26 heavy (non-hydrogen) atoms. The third-order valence-electron chi connectivity index (χ3n) is 3.78. The van der Waals surface area contributed by atoms with Gasteiger partial charge < -0.3 is 14.8 Å². The second kappa shape index (κ2) is 9.28. The maximum absolute atomic E-state index is 12.4. The number of rotatable bonds is 7. The molecule has 1 amide bonds. The molecule has 0 bridgehead atoms. The van der Waals surface area contributed by atoms with Crippen molar-refractivity contribution in [2.45, 2.75) is 20.3 Å². The summed E-state index contributed by atoms with van der Waals surface area (Å²) < 4.78 is 10.8. The number of carbonyl (C=O) groups excluding carboxylic acids is 1. The van der Waals surface area contributed by atoms with E-state index in [2.05, 4.69) is 12.2 Å². The number of hydrogen-bond acceptors (Lipinski definition) is 4. The van der Waals surface area contributed by atoms with Crippen LogP contribution in [0.4, 0.5) is 5.69 Å². The van der Waals surface area contributed by atoms with E-state index < -0.39 is 5.91 Å². The Morgan fingerprint density at radius 2 is 1.88 bits per heavy atom. The first kappa shape index (κ1) is 19.1. The van der Waals surface area contributed by atoms with Crippen molar-refractivity contribution in [2.24, 2.45) is 0 Å². The van der Waals surface area contributed by atoms with E-state index in [0.29, 0.717) is 29.4 Å². The van der Waals surface area contributed by atoms with Gasteiger partial charge in [-0.25, -0.2) is 0 Å². The van der Waals surface area contributed by atoms with Crippen LogP contribution in [0.2, 0.25) is 0 Å². The van der Waals surface area contributed by atoms with Gasteiger partial charge in [0.2, 0.25) is 0 Å². The molecule has 0 aliphatic rings. The Morgan fingerprint density at radius 3 is 2.46 bits per heavy atom. The van der Waals surface area contributed by atoms with Crippen LogP contribution in [-0.2, 0) is 11.2 Å². The molecule has 0 saturated heterocycles. The summed E-state index contributed by atoms with van der Waals surface area (Å²) in [6.07, 6.45) is 2.45. The van der Waals surface area contributed by atoms with Crippen LogP contribution in [0.1, 0.15) is 25.0 Å². The zero-order valence-electron chi connectivity index (χ0n) is 15.2. The fourth-order valence-electron chi connectivity index (χ4n) is 2.39. The van der Waals surface area contributed by atoms with Crippen LogP contribution in [0.3, 0.4) is 0 Å². The fourth-order valence-corrected chi connectivity index (χ4v) is 2.39. The molecular formula is C21H22N2O3. The van der Waals surface area contributed by atoms with E-state index in [1.54, 1.807) is 25.3 Å². The Bertz CT molecular complexity index is 833. The highest BCUT2D eigenvalue weighted by atomic mass is 16.5. The molecule has 0 saturated carbocycles. The van der Waals surface area contributed by atoms with E-state index in [4.69, 9.17) is 9.47 Å². The Hall–Kier alpha value is -3.26. The lowest BCUT2D eigenvalue weighted by atomic mass is 10.1. The summed E-state index contributed by atoms with van der Waals surface area (Å²) in [6, 6.07) is 14.7. The minimum Gasteiger partial charge on any atom is -0.493 e. The van der Waals surface area contributed by atoms with Crippen molar-refractivity contribution in [3.05, 3.63) is 59.2 Å². The molecule has 5 nitrogen and oxygen atoms in total. The molecule has 0 aliphatic carbocycles. The van der Waals surface area contributed by atoms with Gasteiger partial charge >= 0.3 is 0 Å². The summed E-state index contributed by atoms with van der Waals surface area (Å²) in [4.78, 5) is 12.4. The Kier molecular flexibility index (Phi) is 6.81. The van der Waals surface area contributed by atoms with Gasteiger partial charge in [-0.1, -0.05) is 25.1 Å². The van der Waals surface area contributed by atoms with Gasteiger partial charge in [0, 0.05) is 5.69 Å². The van der Waals surface area contributed by atoms with Gasteiger partial charge in [-0.05, 0) is 54.8 Å². The van der Waals surface area contributed by atoms with Crippen LogP contribution in [0.25, 0.3) is 6.08 Å². The van der Waals surface area contributed by atoms with Crippen LogP contribution >= 0.6 is 0 Å². The van der Waals surface area contributed by atoms with E-state index in [9.17, 15) is 10.1 Å². The number of nitriles is 1. The van der Waals surface area contributed by atoms with Gasteiger partial charge in [-0.15, -0.1) is 0 Å². The van der Waals surface area contributed by atoms with Gasteiger partial charge in [0.05, 0.1) is 13.7 Å². The third-order valence-corrected chi connectivity index (χ3v) is 3.78. The average molecular weight is 350 g/mol. The Morgan fingerprint density at radius 1 is 1.15 bits per heavy atom. The molecule has 5 heteroatoms. The van der Waals surface area contributed by atoms with Crippen LogP contribution in [0.15, 0.2) is 48.0 Å². The fraction of sp³-hybridized carbons (Fsp3) is 0.238. The quantitative estimate of drug-likeness (QED) is 0.600. The highest BCUT2D eigenvalue weighted by Crippen LogP contribution is 2.29. The topological polar surface area (TPSA) is 71.3 Å². The first-order valence-corrected chi connectivity index (χ1v) is 8.44. The zero-order chi connectivity index (χ0) is 18.9. The molecule has 0 fully saturated rings. The Balaban J connectivity index is 2.21. The predicted molar refractivity (Wildman–Crippen MR) is 102 cm³/mol. The molecule has 2 aromatic rings. The first-order valence-electron chi connectivity index (χ1n) is 8.44.